The molecule has 1 aliphatic carbocycles. The first-order chi connectivity index (χ1) is 9.15. The van der Waals surface area contributed by atoms with E-state index in [2.05, 4.69) is 0 Å². The monoisotopic (exact) mass is 268 g/mol. The van der Waals surface area contributed by atoms with Gasteiger partial charge in [0.05, 0.1) is 0 Å². The van der Waals surface area contributed by atoms with Crippen molar-refractivity contribution < 1.29 is 9.53 Å². The highest BCUT2D eigenvalue weighted by Gasteiger charge is 2.37. The second-order valence-corrected chi connectivity index (χ2v) is 6.40. The maximum atomic E-state index is 12.2. The van der Waals surface area contributed by atoms with E-state index in [4.69, 9.17) is 10.5 Å². The molecule has 1 saturated heterocycles. The number of nitrogens with two attached hydrogens (primary N) is 1. The zero-order valence-electron chi connectivity index (χ0n) is 12.2. The first kappa shape index (κ1) is 14.8. The summed E-state index contributed by atoms with van der Waals surface area (Å²) in [4.78, 5) is 14.1. The molecule has 19 heavy (non-hydrogen) atoms. The van der Waals surface area contributed by atoms with Gasteiger partial charge in [-0.1, -0.05) is 6.42 Å². The number of amides is 1. The average Bonchev–Trinajstić information content (AvgIpc) is 2.41. The fraction of sp³-hybridized carbons (Fsp3) is 0.933. The summed E-state index contributed by atoms with van der Waals surface area (Å²) in [6.45, 7) is 3.29. The molecule has 0 spiro atoms. The van der Waals surface area contributed by atoms with Crippen molar-refractivity contribution in [2.24, 2.45) is 17.1 Å². The summed E-state index contributed by atoms with van der Waals surface area (Å²) in [7, 11) is 1.93. The minimum absolute atomic E-state index is 0.225. The second kappa shape index (κ2) is 6.71. The van der Waals surface area contributed by atoms with Crippen molar-refractivity contribution in [1.82, 2.24) is 4.90 Å². The summed E-state index contributed by atoms with van der Waals surface area (Å²) in [6, 6.07) is 0. The van der Waals surface area contributed by atoms with Gasteiger partial charge in [0.25, 0.3) is 0 Å². The lowest BCUT2D eigenvalue weighted by atomic mass is 9.68. The molecule has 0 unspecified atom stereocenters. The third-order valence-electron chi connectivity index (χ3n) is 4.95. The lowest BCUT2D eigenvalue weighted by Crippen LogP contribution is -2.47. The molecule has 0 aromatic heterocycles. The van der Waals surface area contributed by atoms with Crippen LogP contribution >= 0.6 is 0 Å². The van der Waals surface area contributed by atoms with Crippen LogP contribution in [0.15, 0.2) is 0 Å². The van der Waals surface area contributed by atoms with Crippen LogP contribution < -0.4 is 5.73 Å². The number of rotatable bonds is 6. The molecule has 0 bridgehead atoms. The van der Waals surface area contributed by atoms with Gasteiger partial charge in [-0.3, -0.25) is 4.79 Å². The van der Waals surface area contributed by atoms with Gasteiger partial charge >= 0.3 is 0 Å². The van der Waals surface area contributed by atoms with Gasteiger partial charge in [0.1, 0.15) is 0 Å². The number of carbonyl (C=O) groups is 1. The normalized spacial score (nSPS) is 22.8. The first-order valence-electron chi connectivity index (χ1n) is 7.67. The molecule has 1 amide bonds. The Morgan fingerprint density at radius 2 is 2.05 bits per heavy atom. The van der Waals surface area contributed by atoms with Crippen molar-refractivity contribution in [1.29, 1.82) is 0 Å². The molecule has 4 nitrogen and oxygen atoms in total. The fourth-order valence-electron chi connectivity index (χ4n) is 3.25. The summed E-state index contributed by atoms with van der Waals surface area (Å²) >= 11 is 0. The van der Waals surface area contributed by atoms with Crippen LogP contribution in [0.25, 0.3) is 0 Å². The van der Waals surface area contributed by atoms with E-state index in [9.17, 15) is 4.79 Å². The van der Waals surface area contributed by atoms with Crippen LogP contribution in [-0.4, -0.2) is 44.2 Å². The molecule has 2 fully saturated rings. The van der Waals surface area contributed by atoms with Crippen molar-refractivity contribution in [3.63, 3.8) is 0 Å². The number of hydrogen-bond acceptors (Lipinski definition) is 3. The van der Waals surface area contributed by atoms with Gasteiger partial charge in [-0.2, -0.15) is 0 Å². The second-order valence-electron chi connectivity index (χ2n) is 6.40. The minimum atomic E-state index is 0.225. The van der Waals surface area contributed by atoms with E-state index < -0.39 is 0 Å². The summed E-state index contributed by atoms with van der Waals surface area (Å²) in [5, 5.41) is 0. The molecule has 0 aromatic rings. The molecule has 110 valence electrons. The predicted molar refractivity (Wildman–Crippen MR) is 75.8 cm³/mol. The molecule has 0 radical (unpaired) electrons. The van der Waals surface area contributed by atoms with Crippen molar-refractivity contribution in [3.8, 4) is 0 Å². The summed E-state index contributed by atoms with van der Waals surface area (Å²) < 4.78 is 5.35. The number of ether oxygens (including phenoxy) is 1. The Hall–Kier alpha value is -0.610. The van der Waals surface area contributed by atoms with Gasteiger partial charge in [-0.25, -0.2) is 0 Å². The summed E-state index contributed by atoms with van der Waals surface area (Å²) in [6.07, 6.45) is 7.56. The van der Waals surface area contributed by atoms with Crippen LogP contribution in [0.5, 0.6) is 0 Å². The Labute approximate surface area is 116 Å². The van der Waals surface area contributed by atoms with Crippen LogP contribution in [0, 0.1) is 11.3 Å². The van der Waals surface area contributed by atoms with Crippen LogP contribution in [0.2, 0.25) is 0 Å². The van der Waals surface area contributed by atoms with Crippen molar-refractivity contribution in [2.75, 3.05) is 33.4 Å². The van der Waals surface area contributed by atoms with E-state index in [1.165, 1.54) is 19.3 Å². The summed E-state index contributed by atoms with van der Waals surface area (Å²) in [5.74, 6) is 0.962. The zero-order chi connectivity index (χ0) is 13.7. The maximum absolute atomic E-state index is 12.2. The minimum Gasteiger partial charge on any atom is -0.381 e. The predicted octanol–water partition coefficient (Wildman–Crippen LogP) is 1.78. The van der Waals surface area contributed by atoms with Crippen LogP contribution in [0.1, 0.15) is 44.9 Å². The Bertz CT molecular complexity index is 291. The van der Waals surface area contributed by atoms with Gasteiger partial charge in [0.2, 0.25) is 5.91 Å². The van der Waals surface area contributed by atoms with E-state index in [-0.39, 0.29) is 11.3 Å². The Morgan fingerprint density at radius 1 is 1.37 bits per heavy atom. The van der Waals surface area contributed by atoms with Crippen molar-refractivity contribution in [3.05, 3.63) is 0 Å². The number of hydrogen-bond donors (Lipinski definition) is 1. The molecule has 1 aliphatic heterocycles. The van der Waals surface area contributed by atoms with Crippen molar-refractivity contribution >= 4 is 5.91 Å². The zero-order valence-corrected chi connectivity index (χ0v) is 12.2. The quantitative estimate of drug-likeness (QED) is 0.799. The van der Waals surface area contributed by atoms with Crippen LogP contribution in [0.3, 0.4) is 0 Å². The van der Waals surface area contributed by atoms with E-state index in [0.29, 0.717) is 18.9 Å². The molecule has 1 heterocycles. The average molecular weight is 268 g/mol. The molecule has 0 aromatic carbocycles. The molecule has 2 rings (SSSR count). The van der Waals surface area contributed by atoms with Gasteiger partial charge in [-0.15, -0.1) is 0 Å². The largest absolute Gasteiger partial charge is 0.381 e. The maximum Gasteiger partial charge on any atom is 0.222 e. The molecule has 2 aliphatic rings. The van der Waals surface area contributed by atoms with E-state index in [0.717, 1.165) is 39.0 Å². The van der Waals surface area contributed by atoms with E-state index in [1.54, 1.807) is 0 Å². The van der Waals surface area contributed by atoms with Crippen LogP contribution in [-0.2, 0) is 9.53 Å². The Kier molecular flexibility index (Phi) is 5.22. The molecule has 2 N–H and O–H groups in total. The molecule has 0 atom stereocenters. The van der Waals surface area contributed by atoms with Crippen LogP contribution in [0.4, 0.5) is 0 Å². The van der Waals surface area contributed by atoms with Crippen molar-refractivity contribution in [2.45, 2.75) is 44.9 Å². The fourth-order valence-corrected chi connectivity index (χ4v) is 3.25. The Balaban J connectivity index is 1.69. The standard InChI is InChI=1S/C15H28N2O2/c1-17(12-15(11-16)7-2-8-15)14(18)4-3-13-5-9-19-10-6-13/h13H,2-12,16H2,1H3. The lowest BCUT2D eigenvalue weighted by molar-refractivity contribution is -0.132. The number of carbonyl (C=O) groups excluding carboxylic acids is 1. The number of nitrogens with zero attached hydrogens (tertiary/aromatic N) is 1. The van der Waals surface area contributed by atoms with Gasteiger partial charge in [0, 0.05) is 38.6 Å². The van der Waals surface area contributed by atoms with E-state index in [1.807, 2.05) is 11.9 Å². The highest BCUT2D eigenvalue weighted by molar-refractivity contribution is 5.75. The lowest BCUT2D eigenvalue weighted by Gasteiger charge is -2.43. The smallest absolute Gasteiger partial charge is 0.222 e. The third kappa shape index (κ3) is 3.93. The summed E-state index contributed by atoms with van der Waals surface area (Å²) in [5.41, 5.74) is 6.08. The molecular weight excluding hydrogens is 240 g/mol. The topological polar surface area (TPSA) is 55.6 Å². The SMILES string of the molecule is CN(CC1(CN)CCC1)C(=O)CCC1CCOCC1. The van der Waals surface area contributed by atoms with Gasteiger partial charge in [-0.05, 0) is 44.6 Å². The van der Waals surface area contributed by atoms with E-state index >= 15 is 0 Å². The van der Waals surface area contributed by atoms with Gasteiger partial charge in [0.15, 0.2) is 0 Å². The first-order valence-corrected chi connectivity index (χ1v) is 7.67. The van der Waals surface area contributed by atoms with Gasteiger partial charge < -0.3 is 15.4 Å². The highest BCUT2D eigenvalue weighted by atomic mass is 16.5. The Morgan fingerprint density at radius 3 is 2.58 bits per heavy atom. The third-order valence-corrected chi connectivity index (χ3v) is 4.95. The highest BCUT2D eigenvalue weighted by Crippen LogP contribution is 2.40. The molecular formula is C15H28N2O2. The molecule has 1 saturated carbocycles. The molecule has 4 heteroatoms.